The number of methoxy groups -OCH3 is 1. The number of anilines is 2. The van der Waals surface area contributed by atoms with Crippen LogP contribution in [0.4, 0.5) is 10.9 Å². The van der Waals surface area contributed by atoms with Gasteiger partial charge in [-0.1, -0.05) is 18.2 Å². The van der Waals surface area contributed by atoms with Crippen LogP contribution in [0.25, 0.3) is 0 Å². The zero-order valence-corrected chi connectivity index (χ0v) is 18.6. The number of thiazole rings is 1. The number of rotatable bonds is 8. The molecule has 0 spiro atoms. The van der Waals surface area contributed by atoms with Crippen molar-refractivity contribution in [3.63, 3.8) is 0 Å². The fourth-order valence-corrected chi connectivity index (χ4v) is 4.47. The van der Waals surface area contributed by atoms with Crippen molar-refractivity contribution in [3.05, 3.63) is 65.3 Å². The van der Waals surface area contributed by atoms with Crippen LogP contribution in [0.15, 0.2) is 54.0 Å². The van der Waals surface area contributed by atoms with Gasteiger partial charge in [-0.25, -0.2) is 9.97 Å². The van der Waals surface area contributed by atoms with Crippen LogP contribution in [-0.2, 0) is 11.3 Å². The molecule has 1 fully saturated rings. The maximum absolute atomic E-state index is 13.1. The van der Waals surface area contributed by atoms with E-state index >= 15 is 0 Å². The summed E-state index contributed by atoms with van der Waals surface area (Å²) in [4.78, 5) is 26.1. The molecule has 0 aliphatic carbocycles. The minimum Gasteiger partial charge on any atom is -0.497 e. The number of nitrogens with one attached hydrogen (secondary N) is 1. The highest BCUT2D eigenvalue weighted by Gasteiger charge is 2.31. The van der Waals surface area contributed by atoms with E-state index in [-0.39, 0.29) is 11.9 Å². The van der Waals surface area contributed by atoms with Crippen molar-refractivity contribution in [2.45, 2.75) is 25.4 Å². The monoisotopic (exact) mass is 437 g/mol. The first-order valence-electron chi connectivity index (χ1n) is 10.4. The second-order valence-electron chi connectivity index (χ2n) is 7.68. The summed E-state index contributed by atoms with van der Waals surface area (Å²) in [5, 5.41) is 5.97. The summed E-state index contributed by atoms with van der Waals surface area (Å²) in [5.41, 5.74) is 2.04. The van der Waals surface area contributed by atoms with Crippen LogP contribution in [0.1, 0.15) is 30.1 Å². The SMILES string of the molecule is COc1cccc(CN(C)CC(=O)N2CCCC2c2cccc(Nc3nccs3)n2)c1. The molecule has 1 aromatic carbocycles. The Bertz CT molecular complexity index is 1010. The van der Waals surface area contributed by atoms with Gasteiger partial charge in [-0.15, -0.1) is 11.3 Å². The standard InChI is InChI=1S/C23H27N5O2S/c1-27(15-17-6-3-7-18(14-17)30-2)16-22(29)28-12-5-9-20(28)19-8-4-10-21(25-19)26-23-24-11-13-31-23/h3-4,6-8,10-11,13-14,20H,5,9,12,15-16H2,1-2H3,(H,24,25,26). The van der Waals surface area contributed by atoms with E-state index in [0.717, 1.165) is 47.3 Å². The second kappa shape index (κ2) is 9.89. The van der Waals surface area contributed by atoms with E-state index in [2.05, 4.69) is 10.3 Å². The van der Waals surface area contributed by atoms with E-state index in [9.17, 15) is 4.79 Å². The number of nitrogens with zero attached hydrogens (tertiary/aromatic N) is 4. The number of hydrogen-bond donors (Lipinski definition) is 1. The maximum atomic E-state index is 13.1. The first-order chi connectivity index (χ1) is 15.1. The summed E-state index contributed by atoms with van der Waals surface area (Å²) >= 11 is 1.53. The zero-order chi connectivity index (χ0) is 21.6. The first kappa shape index (κ1) is 21.3. The minimum absolute atomic E-state index is 0.00997. The molecule has 3 heterocycles. The van der Waals surface area contributed by atoms with Crippen LogP contribution in [0, 0.1) is 0 Å². The largest absolute Gasteiger partial charge is 0.497 e. The van der Waals surface area contributed by atoms with Crippen molar-refractivity contribution in [1.82, 2.24) is 19.8 Å². The Labute approximate surface area is 186 Å². The number of carbonyl (C=O) groups excluding carboxylic acids is 1. The highest BCUT2D eigenvalue weighted by atomic mass is 32.1. The number of amides is 1. The Morgan fingerprint density at radius 3 is 3.00 bits per heavy atom. The van der Waals surface area contributed by atoms with Crippen LogP contribution in [0.3, 0.4) is 0 Å². The third-order valence-electron chi connectivity index (χ3n) is 5.34. The van der Waals surface area contributed by atoms with Gasteiger partial charge in [-0.3, -0.25) is 9.69 Å². The Balaban J connectivity index is 1.40. The van der Waals surface area contributed by atoms with Gasteiger partial charge in [0, 0.05) is 24.7 Å². The second-order valence-corrected chi connectivity index (χ2v) is 8.57. The van der Waals surface area contributed by atoms with Gasteiger partial charge in [-0.05, 0) is 49.7 Å². The van der Waals surface area contributed by atoms with Crippen molar-refractivity contribution in [2.24, 2.45) is 0 Å². The lowest BCUT2D eigenvalue weighted by molar-refractivity contribution is -0.133. The topological polar surface area (TPSA) is 70.6 Å². The lowest BCUT2D eigenvalue weighted by Crippen LogP contribution is -2.38. The van der Waals surface area contributed by atoms with Gasteiger partial charge in [0.15, 0.2) is 5.13 Å². The Kier molecular flexibility index (Phi) is 6.79. The fourth-order valence-electron chi connectivity index (χ4n) is 3.93. The van der Waals surface area contributed by atoms with Gasteiger partial charge >= 0.3 is 0 Å². The average Bonchev–Trinajstić information content (AvgIpc) is 3.46. The number of ether oxygens (including phenoxy) is 1. The van der Waals surface area contributed by atoms with Crippen LogP contribution < -0.4 is 10.1 Å². The lowest BCUT2D eigenvalue weighted by atomic mass is 10.1. The number of hydrogen-bond acceptors (Lipinski definition) is 7. The van der Waals surface area contributed by atoms with E-state index < -0.39 is 0 Å². The molecule has 0 radical (unpaired) electrons. The van der Waals surface area contributed by atoms with E-state index in [0.29, 0.717) is 13.1 Å². The quantitative estimate of drug-likeness (QED) is 0.573. The molecule has 1 N–H and O–H groups in total. The van der Waals surface area contributed by atoms with Crippen molar-refractivity contribution in [3.8, 4) is 5.75 Å². The van der Waals surface area contributed by atoms with Gasteiger partial charge in [-0.2, -0.15) is 0 Å². The Morgan fingerprint density at radius 1 is 1.32 bits per heavy atom. The smallest absolute Gasteiger partial charge is 0.237 e. The molecule has 0 bridgehead atoms. The van der Waals surface area contributed by atoms with Gasteiger partial charge in [0.2, 0.25) is 5.91 Å². The first-order valence-corrected chi connectivity index (χ1v) is 11.2. The number of likely N-dealkylation sites (tertiary alicyclic amines) is 1. The molecule has 1 aliphatic rings. The summed E-state index contributed by atoms with van der Waals surface area (Å²) in [7, 11) is 3.63. The summed E-state index contributed by atoms with van der Waals surface area (Å²) in [6, 6.07) is 13.9. The van der Waals surface area contributed by atoms with Crippen molar-refractivity contribution in [1.29, 1.82) is 0 Å². The average molecular weight is 438 g/mol. The Morgan fingerprint density at radius 2 is 2.19 bits per heavy atom. The molecule has 1 saturated heterocycles. The van der Waals surface area contributed by atoms with E-state index in [1.165, 1.54) is 11.3 Å². The molecule has 7 nitrogen and oxygen atoms in total. The van der Waals surface area contributed by atoms with Gasteiger partial charge in [0.1, 0.15) is 11.6 Å². The summed E-state index contributed by atoms with van der Waals surface area (Å²) in [6.07, 6.45) is 3.68. The van der Waals surface area contributed by atoms with E-state index in [1.807, 2.05) is 64.7 Å². The molecule has 1 aliphatic heterocycles. The maximum Gasteiger partial charge on any atom is 0.237 e. The van der Waals surface area contributed by atoms with Gasteiger partial charge in [0.25, 0.3) is 0 Å². The highest BCUT2D eigenvalue weighted by Crippen LogP contribution is 2.32. The molecular weight excluding hydrogens is 410 g/mol. The lowest BCUT2D eigenvalue weighted by Gasteiger charge is -2.27. The summed E-state index contributed by atoms with van der Waals surface area (Å²) < 4.78 is 5.30. The highest BCUT2D eigenvalue weighted by molar-refractivity contribution is 7.13. The third-order valence-corrected chi connectivity index (χ3v) is 6.03. The Hall–Kier alpha value is -2.97. The van der Waals surface area contributed by atoms with Gasteiger partial charge in [0.05, 0.1) is 25.4 Å². The van der Waals surface area contributed by atoms with Gasteiger partial charge < -0.3 is 15.0 Å². The molecule has 1 unspecified atom stereocenters. The van der Waals surface area contributed by atoms with Crippen molar-refractivity contribution in [2.75, 3.05) is 32.6 Å². The predicted octanol–water partition coefficient (Wildman–Crippen LogP) is 4.09. The van der Waals surface area contributed by atoms with Crippen LogP contribution in [0.2, 0.25) is 0 Å². The number of carbonyl (C=O) groups is 1. The minimum atomic E-state index is 0.00997. The predicted molar refractivity (Wildman–Crippen MR) is 123 cm³/mol. The molecule has 1 amide bonds. The zero-order valence-electron chi connectivity index (χ0n) is 17.8. The van der Waals surface area contributed by atoms with E-state index in [4.69, 9.17) is 9.72 Å². The van der Waals surface area contributed by atoms with E-state index in [1.54, 1.807) is 13.3 Å². The molecule has 3 aromatic rings. The number of aromatic nitrogens is 2. The summed E-state index contributed by atoms with van der Waals surface area (Å²) in [6.45, 7) is 1.82. The molecule has 8 heteroatoms. The number of likely N-dealkylation sites (N-methyl/N-ethyl adjacent to an activating group) is 1. The summed E-state index contributed by atoms with van der Waals surface area (Å²) in [5.74, 6) is 1.71. The van der Waals surface area contributed by atoms with Crippen molar-refractivity contribution >= 4 is 28.2 Å². The molecule has 0 saturated carbocycles. The molecule has 1 atom stereocenters. The number of pyridine rings is 1. The molecule has 162 valence electrons. The molecular formula is C23H27N5O2S. The normalized spacial score (nSPS) is 16.0. The molecule has 4 rings (SSSR count). The van der Waals surface area contributed by atoms with Crippen LogP contribution >= 0.6 is 11.3 Å². The molecule has 2 aromatic heterocycles. The van der Waals surface area contributed by atoms with Crippen LogP contribution in [0.5, 0.6) is 5.75 Å². The fraction of sp³-hybridized carbons (Fsp3) is 0.348. The molecule has 31 heavy (non-hydrogen) atoms. The van der Waals surface area contributed by atoms with Crippen molar-refractivity contribution < 1.29 is 9.53 Å². The number of benzene rings is 1. The third kappa shape index (κ3) is 5.39. The van der Waals surface area contributed by atoms with Crippen LogP contribution in [-0.4, -0.2) is 52.9 Å².